The molecule has 43 heavy (non-hydrogen) atoms. The number of benzene rings is 2. The van der Waals surface area contributed by atoms with Crippen molar-refractivity contribution in [1.29, 1.82) is 0 Å². The van der Waals surface area contributed by atoms with Gasteiger partial charge in [-0.25, -0.2) is 4.39 Å². The Bertz CT molecular complexity index is 1680. The largest absolute Gasteiger partial charge is 0.483 e. The van der Waals surface area contributed by atoms with Crippen molar-refractivity contribution < 1.29 is 28.2 Å². The first-order valence-electron chi connectivity index (χ1n) is 14.5. The molecule has 9 nitrogen and oxygen atoms in total. The zero-order chi connectivity index (χ0) is 29.4. The number of fused-ring (bicyclic) bond motifs is 9. The van der Waals surface area contributed by atoms with Crippen LogP contribution in [-0.2, 0) is 19.1 Å². The van der Waals surface area contributed by atoms with Gasteiger partial charge >= 0.3 is 4.87 Å². The number of imide groups is 1. The van der Waals surface area contributed by atoms with Crippen molar-refractivity contribution in [2.24, 2.45) is 29.6 Å². The minimum Gasteiger partial charge on any atom is -0.483 e. The van der Waals surface area contributed by atoms with Crippen molar-refractivity contribution in [3.8, 4) is 5.75 Å². The number of morpholine rings is 1. The van der Waals surface area contributed by atoms with E-state index < -0.39 is 17.7 Å². The smallest absolute Gasteiger partial charge is 0.305 e. The number of carbonyl (C=O) groups is 3. The lowest BCUT2D eigenvalue weighted by atomic mass is 9.68. The summed E-state index contributed by atoms with van der Waals surface area (Å²) < 4.78 is 25.2. The molecule has 12 heteroatoms. The number of anilines is 1. The molecule has 2 saturated heterocycles. The lowest BCUT2D eigenvalue weighted by Crippen LogP contribution is -2.43. The number of carbonyl (C=O) groups excluding carboxylic acids is 3. The van der Waals surface area contributed by atoms with Crippen LogP contribution >= 0.6 is 23.1 Å². The highest BCUT2D eigenvalue weighted by Gasteiger charge is 2.69. The third kappa shape index (κ3) is 4.21. The lowest BCUT2D eigenvalue weighted by Gasteiger charge is -2.43. The van der Waals surface area contributed by atoms with E-state index in [2.05, 4.69) is 4.98 Å². The number of halogens is 1. The van der Waals surface area contributed by atoms with Gasteiger partial charge in [0, 0.05) is 34.7 Å². The van der Waals surface area contributed by atoms with Gasteiger partial charge in [-0.15, -0.1) is 11.8 Å². The number of aromatic amines is 1. The molecule has 3 amide bonds. The van der Waals surface area contributed by atoms with Gasteiger partial charge in [-0.1, -0.05) is 29.5 Å². The number of nitrogens with zero attached hydrogens (tertiary/aromatic N) is 2. The average molecular weight is 622 g/mol. The minimum absolute atomic E-state index is 0.0141. The van der Waals surface area contributed by atoms with Crippen LogP contribution in [0.25, 0.3) is 0 Å². The number of H-pyrrole nitrogens is 1. The van der Waals surface area contributed by atoms with Crippen LogP contribution in [0.3, 0.4) is 0 Å². The first-order valence-corrected chi connectivity index (χ1v) is 16.2. The molecule has 0 radical (unpaired) electrons. The summed E-state index contributed by atoms with van der Waals surface area (Å²) in [6.45, 7) is 1.96. The number of rotatable bonds is 5. The van der Waals surface area contributed by atoms with Crippen LogP contribution in [0.15, 0.2) is 58.4 Å². The molecule has 5 aliphatic rings. The first-order chi connectivity index (χ1) is 20.9. The highest BCUT2D eigenvalue weighted by atomic mass is 32.2. The molecular weight excluding hydrogens is 593 g/mol. The van der Waals surface area contributed by atoms with Gasteiger partial charge in [0.25, 0.3) is 5.91 Å². The monoisotopic (exact) mass is 621 g/mol. The van der Waals surface area contributed by atoms with Gasteiger partial charge in [0.15, 0.2) is 6.61 Å². The Morgan fingerprint density at radius 1 is 1.00 bits per heavy atom. The van der Waals surface area contributed by atoms with Crippen molar-refractivity contribution >= 4 is 46.5 Å². The zero-order valence-corrected chi connectivity index (χ0v) is 24.6. The molecule has 4 heterocycles. The van der Waals surface area contributed by atoms with Gasteiger partial charge < -0.3 is 19.4 Å². The molecule has 222 valence electrons. The predicted molar refractivity (Wildman–Crippen MR) is 157 cm³/mol. The van der Waals surface area contributed by atoms with E-state index in [-0.39, 0.29) is 58.1 Å². The van der Waals surface area contributed by atoms with E-state index in [0.717, 1.165) is 21.9 Å². The van der Waals surface area contributed by atoms with Crippen molar-refractivity contribution in [3.63, 3.8) is 0 Å². The summed E-state index contributed by atoms with van der Waals surface area (Å²) in [6.07, 6.45) is 0.751. The molecule has 1 aromatic heterocycles. The Labute approximate surface area is 254 Å². The Morgan fingerprint density at radius 2 is 1.72 bits per heavy atom. The number of thioether (sulfide) groups is 1. The maximum absolute atomic E-state index is 13.9. The van der Waals surface area contributed by atoms with E-state index in [1.807, 2.05) is 24.3 Å². The first kappa shape index (κ1) is 27.1. The van der Waals surface area contributed by atoms with Crippen molar-refractivity contribution in [2.75, 3.05) is 37.8 Å². The van der Waals surface area contributed by atoms with Crippen LogP contribution < -0.4 is 14.5 Å². The van der Waals surface area contributed by atoms with Gasteiger partial charge in [-0.2, -0.15) is 0 Å². The Kier molecular flexibility index (Phi) is 6.50. The Hall–Kier alpha value is -3.48. The number of hydrogen-bond donors (Lipinski definition) is 1. The van der Waals surface area contributed by atoms with Crippen molar-refractivity contribution in [1.82, 2.24) is 9.88 Å². The number of para-hydroxylation sites is 1. The standard InChI is InChI=1S/C31H28FN3O6S2/c32-15-5-7-16(8-6-15)35-29(37)24-18-13-19(25(24)30(35)38)26-23(18)22(27-28(42-26)33-31(39)43-27)17-3-1-2-4-20(17)41-14-21(36)34-9-11-40-12-10-34/h1-8,18-19,22-26H,9-14H2,(H,33,39)/t18-,19-,22+,23-,24+,25+,26-/m1/s1. The fourth-order valence-corrected chi connectivity index (χ4v) is 11.0. The van der Waals surface area contributed by atoms with Crippen molar-refractivity contribution in [3.05, 3.63) is 74.5 Å². The highest BCUT2D eigenvalue weighted by molar-refractivity contribution is 8.00. The molecule has 8 rings (SSSR count). The van der Waals surface area contributed by atoms with E-state index in [0.29, 0.717) is 37.7 Å². The van der Waals surface area contributed by atoms with Crippen LogP contribution in [-0.4, -0.2) is 65.8 Å². The number of aromatic nitrogens is 1. The molecule has 4 fully saturated rings. The van der Waals surface area contributed by atoms with E-state index >= 15 is 0 Å². The molecule has 7 atom stereocenters. The van der Waals surface area contributed by atoms with E-state index in [1.165, 1.54) is 40.5 Å². The van der Waals surface area contributed by atoms with Crippen LogP contribution in [0.5, 0.6) is 5.75 Å². The molecular formula is C31H28FN3O6S2. The molecule has 0 unspecified atom stereocenters. The van der Waals surface area contributed by atoms with E-state index in [4.69, 9.17) is 9.47 Å². The third-order valence-corrected chi connectivity index (χ3v) is 12.4. The van der Waals surface area contributed by atoms with Gasteiger partial charge in [0.2, 0.25) is 11.8 Å². The number of amides is 3. The fourth-order valence-electron chi connectivity index (χ4n) is 8.12. The summed E-state index contributed by atoms with van der Waals surface area (Å²) in [6, 6.07) is 13.1. The summed E-state index contributed by atoms with van der Waals surface area (Å²) in [4.78, 5) is 60.0. The number of nitrogens with one attached hydrogen (secondary N) is 1. The Balaban J connectivity index is 1.15. The Morgan fingerprint density at radius 3 is 2.49 bits per heavy atom. The maximum Gasteiger partial charge on any atom is 0.305 e. The normalized spacial score (nSPS) is 30.8. The SMILES string of the molecule is O=C(COc1ccccc1[C@@H]1c2sc(=O)[nH]c2S[C@@H]2[C@@H]3C[C@@H]([C@@H]4C(=O)N(c5ccc(F)cc5)C(=O)[C@@H]34)[C@H]12)N1CCOCC1. The molecule has 1 N–H and O–H groups in total. The van der Waals surface area contributed by atoms with Gasteiger partial charge in [-0.05, 0) is 54.5 Å². The number of hydrogen-bond acceptors (Lipinski definition) is 8. The second-order valence-corrected chi connectivity index (χ2v) is 14.0. The quantitative estimate of drug-likeness (QED) is 0.435. The fraction of sp³-hybridized carbons (Fsp3) is 0.419. The molecule has 3 aliphatic heterocycles. The number of thiazole rings is 1. The van der Waals surface area contributed by atoms with E-state index in [9.17, 15) is 23.6 Å². The van der Waals surface area contributed by atoms with Crippen LogP contribution in [0.4, 0.5) is 10.1 Å². The second kappa shape index (κ2) is 10.3. The van der Waals surface area contributed by atoms with Crippen molar-refractivity contribution in [2.45, 2.75) is 22.6 Å². The summed E-state index contributed by atoms with van der Waals surface area (Å²) >= 11 is 2.79. The number of ether oxygens (including phenoxy) is 2. The van der Waals surface area contributed by atoms with Crippen LogP contribution in [0, 0.1) is 35.4 Å². The topological polar surface area (TPSA) is 109 Å². The van der Waals surface area contributed by atoms with Gasteiger partial charge in [0.1, 0.15) is 11.6 Å². The summed E-state index contributed by atoms with van der Waals surface area (Å²) in [5, 5.41) is 0.818. The van der Waals surface area contributed by atoms with Crippen LogP contribution in [0.1, 0.15) is 22.8 Å². The summed E-state index contributed by atoms with van der Waals surface area (Å²) in [5.41, 5.74) is 1.27. The summed E-state index contributed by atoms with van der Waals surface area (Å²) in [7, 11) is 0. The zero-order valence-electron chi connectivity index (χ0n) is 22.9. The molecule has 2 aliphatic carbocycles. The highest BCUT2D eigenvalue weighted by Crippen LogP contribution is 2.69. The van der Waals surface area contributed by atoms with Gasteiger partial charge in [0.05, 0.1) is 35.8 Å². The maximum atomic E-state index is 13.9. The third-order valence-electron chi connectivity index (χ3n) is 9.78. The lowest BCUT2D eigenvalue weighted by molar-refractivity contribution is -0.137. The second-order valence-electron chi connectivity index (χ2n) is 11.8. The molecule has 3 aromatic rings. The summed E-state index contributed by atoms with van der Waals surface area (Å²) in [5.74, 6) is -1.70. The van der Waals surface area contributed by atoms with Gasteiger partial charge in [-0.3, -0.25) is 24.1 Å². The molecule has 2 aromatic carbocycles. The minimum atomic E-state index is -0.472. The predicted octanol–water partition coefficient (Wildman–Crippen LogP) is 3.49. The average Bonchev–Trinajstić information content (AvgIpc) is 3.76. The van der Waals surface area contributed by atoms with E-state index in [1.54, 1.807) is 16.7 Å². The molecule has 0 spiro atoms. The molecule has 2 saturated carbocycles. The molecule has 2 bridgehead atoms. The van der Waals surface area contributed by atoms with Crippen LogP contribution in [0.2, 0.25) is 0 Å².